The van der Waals surface area contributed by atoms with Crippen molar-refractivity contribution < 1.29 is 9.90 Å². The lowest BCUT2D eigenvalue weighted by Gasteiger charge is -2.46. The minimum absolute atomic E-state index is 0.139. The van der Waals surface area contributed by atoms with Gasteiger partial charge in [0.25, 0.3) is 0 Å². The maximum atomic E-state index is 10.9. The van der Waals surface area contributed by atoms with E-state index in [4.69, 9.17) is 5.11 Å². The zero-order valence-corrected chi connectivity index (χ0v) is 21.2. The van der Waals surface area contributed by atoms with E-state index < -0.39 is 5.97 Å². The minimum atomic E-state index is -0.935. The molecule has 0 saturated carbocycles. The number of allylic oxidation sites excluding steroid dienone is 2. The summed E-state index contributed by atoms with van der Waals surface area (Å²) in [6.07, 6.45) is 13.3. The van der Waals surface area contributed by atoms with Gasteiger partial charge in [0.15, 0.2) is 0 Å². The molecule has 1 unspecified atom stereocenters. The Morgan fingerprint density at radius 3 is 2.50 bits per heavy atom. The van der Waals surface area contributed by atoms with Crippen LogP contribution >= 0.6 is 0 Å². The molecule has 0 saturated heterocycles. The Morgan fingerprint density at radius 2 is 1.86 bits per heavy atom. The third kappa shape index (κ3) is 4.78. The highest BCUT2D eigenvalue weighted by molar-refractivity contribution is 5.85. The molecule has 2 aliphatic rings. The van der Waals surface area contributed by atoms with Crippen LogP contribution in [-0.2, 0) is 18.3 Å². The fourth-order valence-electron chi connectivity index (χ4n) is 5.59. The van der Waals surface area contributed by atoms with Crippen LogP contribution in [-0.4, -0.2) is 26.9 Å². The van der Waals surface area contributed by atoms with Crippen molar-refractivity contribution in [1.29, 1.82) is 0 Å². The van der Waals surface area contributed by atoms with E-state index in [9.17, 15) is 4.79 Å². The van der Waals surface area contributed by atoms with Crippen LogP contribution in [0.15, 0.2) is 84.2 Å². The van der Waals surface area contributed by atoms with Crippen molar-refractivity contribution in [2.24, 2.45) is 7.05 Å². The number of rotatable bonds is 6. The lowest BCUT2D eigenvalue weighted by atomic mass is 9.77. The highest BCUT2D eigenvalue weighted by Crippen LogP contribution is 2.47. The summed E-state index contributed by atoms with van der Waals surface area (Å²) < 4.78 is 1.87. The van der Waals surface area contributed by atoms with Gasteiger partial charge in [0.1, 0.15) is 0 Å². The van der Waals surface area contributed by atoms with Gasteiger partial charge in [-0.2, -0.15) is 5.10 Å². The summed E-state index contributed by atoms with van der Waals surface area (Å²) in [7, 11) is 1.97. The number of benzene rings is 2. The van der Waals surface area contributed by atoms with Crippen LogP contribution < -0.4 is 4.90 Å². The maximum Gasteiger partial charge on any atom is 0.328 e. The number of anilines is 1. The highest BCUT2D eigenvalue weighted by Gasteiger charge is 2.36. The molecule has 3 aromatic rings. The molecule has 2 aromatic carbocycles. The second kappa shape index (κ2) is 10.0. The number of aromatic nitrogens is 2. The lowest BCUT2D eigenvalue weighted by Crippen LogP contribution is -2.42. The third-order valence-corrected chi connectivity index (χ3v) is 7.41. The van der Waals surface area contributed by atoms with E-state index in [1.54, 1.807) is 6.08 Å². The van der Waals surface area contributed by atoms with Gasteiger partial charge in [-0.1, -0.05) is 49.4 Å². The second-order valence-corrected chi connectivity index (χ2v) is 9.84. The second-order valence-electron chi connectivity index (χ2n) is 9.84. The molecule has 1 aliphatic carbocycles. The summed E-state index contributed by atoms with van der Waals surface area (Å²) in [5.74, 6) is -0.935. The molecule has 2 atom stereocenters. The van der Waals surface area contributed by atoms with E-state index in [2.05, 4.69) is 72.5 Å². The van der Waals surface area contributed by atoms with Crippen LogP contribution in [0.4, 0.5) is 5.69 Å². The quantitative estimate of drug-likeness (QED) is 0.405. The Kier molecular flexibility index (Phi) is 6.64. The first-order valence-electron chi connectivity index (χ1n) is 12.7. The van der Waals surface area contributed by atoms with Crippen molar-refractivity contribution >= 4 is 23.3 Å². The SMILES string of the molecule is CCc1ccc(N2C(C)CC3=C(CCC(c4cnn(C)c4)=C3)[C@@H]2c2ccc(/C=C/C(=O)O)cc2)cc1. The van der Waals surface area contributed by atoms with Crippen LogP contribution in [0.1, 0.15) is 61.4 Å². The largest absolute Gasteiger partial charge is 0.478 e. The molecule has 0 spiro atoms. The van der Waals surface area contributed by atoms with Gasteiger partial charge in [0.05, 0.1) is 12.2 Å². The van der Waals surface area contributed by atoms with Gasteiger partial charge in [-0.25, -0.2) is 4.79 Å². The molecule has 1 aliphatic heterocycles. The molecule has 0 fully saturated rings. The van der Waals surface area contributed by atoms with Crippen molar-refractivity contribution in [3.63, 3.8) is 0 Å². The predicted octanol–water partition coefficient (Wildman–Crippen LogP) is 6.59. The van der Waals surface area contributed by atoms with Crippen LogP contribution in [0, 0.1) is 0 Å². The lowest BCUT2D eigenvalue weighted by molar-refractivity contribution is -0.131. The zero-order chi connectivity index (χ0) is 25.2. The van der Waals surface area contributed by atoms with E-state index in [0.717, 1.165) is 31.2 Å². The molecule has 184 valence electrons. The molecule has 5 rings (SSSR count). The molecule has 1 aromatic heterocycles. The number of nitrogens with zero attached hydrogens (tertiary/aromatic N) is 3. The van der Waals surface area contributed by atoms with Crippen LogP contribution in [0.25, 0.3) is 11.6 Å². The normalized spacial score (nSPS) is 20.0. The average Bonchev–Trinajstić information content (AvgIpc) is 3.33. The molecule has 0 amide bonds. The van der Waals surface area contributed by atoms with E-state index in [-0.39, 0.29) is 6.04 Å². The van der Waals surface area contributed by atoms with Gasteiger partial charge in [-0.3, -0.25) is 4.68 Å². The topological polar surface area (TPSA) is 58.4 Å². The van der Waals surface area contributed by atoms with Crippen molar-refractivity contribution in [1.82, 2.24) is 9.78 Å². The summed E-state index contributed by atoms with van der Waals surface area (Å²) in [6, 6.07) is 17.8. The van der Waals surface area contributed by atoms with Crippen LogP contribution in [0.3, 0.4) is 0 Å². The fourth-order valence-corrected chi connectivity index (χ4v) is 5.59. The van der Waals surface area contributed by atoms with E-state index in [1.165, 1.54) is 45.2 Å². The Hall–Kier alpha value is -3.86. The molecule has 0 radical (unpaired) electrons. The number of carboxylic acids is 1. The van der Waals surface area contributed by atoms with Crippen molar-refractivity contribution in [3.8, 4) is 0 Å². The van der Waals surface area contributed by atoms with E-state index in [1.807, 2.05) is 30.1 Å². The van der Waals surface area contributed by atoms with E-state index >= 15 is 0 Å². The number of hydrogen-bond donors (Lipinski definition) is 1. The fraction of sp³-hybridized carbons (Fsp3) is 0.290. The first kappa shape index (κ1) is 23.9. The Labute approximate surface area is 213 Å². The molecule has 2 heterocycles. The predicted molar refractivity (Wildman–Crippen MR) is 146 cm³/mol. The molecular formula is C31H33N3O2. The van der Waals surface area contributed by atoms with Gasteiger partial charge in [0, 0.05) is 36.6 Å². The van der Waals surface area contributed by atoms with Crippen LogP contribution in [0.5, 0.6) is 0 Å². The molecule has 36 heavy (non-hydrogen) atoms. The first-order valence-corrected chi connectivity index (χ1v) is 12.7. The monoisotopic (exact) mass is 479 g/mol. The van der Waals surface area contributed by atoms with Gasteiger partial charge < -0.3 is 10.0 Å². The number of aryl methyl sites for hydroxylation is 2. The first-order chi connectivity index (χ1) is 17.4. The molecule has 0 bridgehead atoms. The van der Waals surface area contributed by atoms with Gasteiger partial charge in [-0.15, -0.1) is 0 Å². The van der Waals surface area contributed by atoms with E-state index in [0.29, 0.717) is 6.04 Å². The molecule has 1 N–H and O–H groups in total. The molecule has 5 nitrogen and oxygen atoms in total. The zero-order valence-electron chi connectivity index (χ0n) is 21.2. The van der Waals surface area contributed by atoms with Gasteiger partial charge in [0.2, 0.25) is 0 Å². The average molecular weight is 480 g/mol. The van der Waals surface area contributed by atoms with Crippen molar-refractivity contribution in [3.05, 3.63) is 106 Å². The third-order valence-electron chi connectivity index (χ3n) is 7.41. The molecular weight excluding hydrogens is 446 g/mol. The number of carbonyl (C=O) groups is 1. The Bertz CT molecular complexity index is 1340. The summed E-state index contributed by atoms with van der Waals surface area (Å²) in [6.45, 7) is 4.51. The molecule has 5 heteroatoms. The smallest absolute Gasteiger partial charge is 0.328 e. The number of aliphatic carboxylic acids is 1. The standard InChI is InChI=1S/C31H33N3O2/c1-4-22-7-13-28(14-8-22)34-21(2)17-26-18-25(27-19-32-33(3)20-27)12-15-29(26)31(34)24-10-5-23(6-11-24)9-16-30(35)36/h5-11,13-14,16,18-21,31H,4,12,15,17H2,1-3H3,(H,35,36)/b16-9+/t21?,31-/m0/s1. The van der Waals surface area contributed by atoms with Gasteiger partial charge in [-0.05, 0) is 84.2 Å². The summed E-state index contributed by atoms with van der Waals surface area (Å²) in [5, 5.41) is 13.4. The minimum Gasteiger partial charge on any atom is -0.478 e. The summed E-state index contributed by atoms with van der Waals surface area (Å²) >= 11 is 0. The van der Waals surface area contributed by atoms with Gasteiger partial charge >= 0.3 is 5.97 Å². The Balaban J connectivity index is 1.58. The van der Waals surface area contributed by atoms with Crippen LogP contribution in [0.2, 0.25) is 0 Å². The maximum absolute atomic E-state index is 10.9. The number of carboxylic acid groups (broad SMARTS) is 1. The highest BCUT2D eigenvalue weighted by atomic mass is 16.4. The summed E-state index contributed by atoms with van der Waals surface area (Å²) in [4.78, 5) is 13.5. The Morgan fingerprint density at radius 1 is 1.11 bits per heavy atom. The van der Waals surface area contributed by atoms with Crippen molar-refractivity contribution in [2.45, 2.75) is 51.6 Å². The summed E-state index contributed by atoms with van der Waals surface area (Å²) in [5.41, 5.74) is 10.2. The number of hydrogen-bond acceptors (Lipinski definition) is 3. The van der Waals surface area contributed by atoms with Crippen molar-refractivity contribution in [2.75, 3.05) is 4.90 Å².